The maximum Gasteiger partial charge on any atom is 0.106 e. The van der Waals surface area contributed by atoms with Crippen LogP contribution in [0.4, 0.5) is 0 Å². The molecule has 2 atom stereocenters. The van der Waals surface area contributed by atoms with Gasteiger partial charge in [-0.05, 0) is 37.8 Å². The minimum Gasteiger partial charge on any atom is -0.391 e. The number of likely N-dealkylation sites (tertiary alicyclic amines) is 1. The lowest BCUT2D eigenvalue weighted by Gasteiger charge is -2.35. The number of benzene rings is 1. The monoisotopic (exact) mass is 313 g/mol. The molecule has 0 radical (unpaired) electrons. The van der Waals surface area contributed by atoms with Gasteiger partial charge in [-0.3, -0.25) is 4.90 Å². The lowest BCUT2D eigenvalue weighted by molar-refractivity contribution is 0.0182. The van der Waals surface area contributed by atoms with Crippen molar-refractivity contribution in [1.82, 2.24) is 14.9 Å². The number of aromatic amines is 1. The fourth-order valence-corrected chi connectivity index (χ4v) is 3.44. The van der Waals surface area contributed by atoms with Gasteiger partial charge in [-0.25, -0.2) is 4.98 Å². The molecule has 2 aromatic rings. The highest BCUT2D eigenvalue weighted by Gasteiger charge is 2.28. The van der Waals surface area contributed by atoms with Crippen LogP contribution in [0.5, 0.6) is 0 Å². The zero-order valence-corrected chi connectivity index (χ0v) is 14.1. The van der Waals surface area contributed by atoms with Crippen molar-refractivity contribution in [2.75, 3.05) is 13.1 Å². The number of H-pyrrole nitrogens is 1. The number of imidazole rings is 1. The number of rotatable bonds is 5. The van der Waals surface area contributed by atoms with Crippen LogP contribution in [0.3, 0.4) is 0 Å². The Hall–Kier alpha value is -1.65. The maximum atomic E-state index is 10.5. The molecule has 1 fully saturated rings. The molecule has 23 heavy (non-hydrogen) atoms. The van der Waals surface area contributed by atoms with E-state index < -0.39 is 0 Å². The first kappa shape index (κ1) is 16.2. The second-order valence-corrected chi connectivity index (χ2v) is 6.65. The molecule has 0 aliphatic carbocycles. The first-order chi connectivity index (χ1) is 11.2. The first-order valence-corrected chi connectivity index (χ1v) is 8.64. The van der Waals surface area contributed by atoms with Crippen molar-refractivity contribution in [2.24, 2.45) is 5.92 Å². The van der Waals surface area contributed by atoms with E-state index in [1.54, 1.807) is 0 Å². The Balaban J connectivity index is 1.56. The minimum atomic E-state index is -0.256. The van der Waals surface area contributed by atoms with Gasteiger partial charge < -0.3 is 10.1 Å². The van der Waals surface area contributed by atoms with Crippen LogP contribution in [0, 0.1) is 12.8 Å². The van der Waals surface area contributed by atoms with E-state index in [1.807, 2.05) is 6.07 Å². The van der Waals surface area contributed by atoms with Crippen LogP contribution in [0.15, 0.2) is 30.3 Å². The SMILES string of the molecule is CCc1nc(CN2CC[C@H](Cc3ccccc3)[C@H](O)C2)c(C)[nH]1. The van der Waals surface area contributed by atoms with Gasteiger partial charge in [0.25, 0.3) is 0 Å². The van der Waals surface area contributed by atoms with E-state index in [1.165, 1.54) is 5.56 Å². The number of nitrogens with one attached hydrogen (secondary N) is 1. The van der Waals surface area contributed by atoms with E-state index in [4.69, 9.17) is 0 Å². The summed E-state index contributed by atoms with van der Waals surface area (Å²) in [5, 5.41) is 10.5. The highest BCUT2D eigenvalue weighted by molar-refractivity contribution is 5.16. The van der Waals surface area contributed by atoms with Crippen LogP contribution in [0.1, 0.15) is 36.1 Å². The zero-order chi connectivity index (χ0) is 16.2. The van der Waals surface area contributed by atoms with Gasteiger partial charge in [0.05, 0.1) is 11.8 Å². The molecule has 1 aromatic carbocycles. The van der Waals surface area contributed by atoms with Crippen molar-refractivity contribution in [1.29, 1.82) is 0 Å². The highest BCUT2D eigenvalue weighted by atomic mass is 16.3. The summed E-state index contributed by atoms with van der Waals surface area (Å²) in [5.41, 5.74) is 3.60. The zero-order valence-electron chi connectivity index (χ0n) is 14.1. The molecule has 2 N–H and O–H groups in total. The second kappa shape index (κ2) is 7.28. The van der Waals surface area contributed by atoms with Crippen LogP contribution >= 0.6 is 0 Å². The van der Waals surface area contributed by atoms with Crippen LogP contribution in [0.25, 0.3) is 0 Å². The molecule has 124 valence electrons. The Morgan fingerprint density at radius 2 is 2.09 bits per heavy atom. The Labute approximate surface area is 138 Å². The van der Waals surface area contributed by atoms with E-state index in [0.717, 1.165) is 56.1 Å². The number of aliphatic hydroxyl groups is 1. The van der Waals surface area contributed by atoms with Crippen molar-refractivity contribution in [3.05, 3.63) is 53.1 Å². The molecule has 0 unspecified atom stereocenters. The molecule has 1 aliphatic rings. The number of hydrogen-bond donors (Lipinski definition) is 2. The summed E-state index contributed by atoms with van der Waals surface area (Å²) in [7, 11) is 0. The Bertz CT molecular complexity index is 623. The summed E-state index contributed by atoms with van der Waals surface area (Å²) in [6, 6.07) is 10.5. The predicted octanol–water partition coefficient (Wildman–Crippen LogP) is 2.71. The minimum absolute atomic E-state index is 0.256. The molecule has 3 rings (SSSR count). The van der Waals surface area contributed by atoms with E-state index in [-0.39, 0.29) is 6.10 Å². The number of piperidine rings is 1. The summed E-state index contributed by atoms with van der Waals surface area (Å²) in [5.74, 6) is 1.41. The van der Waals surface area contributed by atoms with E-state index in [9.17, 15) is 5.11 Å². The highest BCUT2D eigenvalue weighted by Crippen LogP contribution is 2.23. The Morgan fingerprint density at radius 3 is 2.74 bits per heavy atom. The normalized spacial score (nSPS) is 22.4. The molecule has 1 aliphatic heterocycles. The summed E-state index contributed by atoms with van der Waals surface area (Å²) in [6.45, 7) is 6.80. The molecule has 0 saturated carbocycles. The van der Waals surface area contributed by atoms with Crippen molar-refractivity contribution in [2.45, 2.75) is 45.8 Å². The smallest absolute Gasteiger partial charge is 0.106 e. The second-order valence-electron chi connectivity index (χ2n) is 6.65. The molecule has 0 amide bonds. The standard InChI is InChI=1S/C19H27N3O/c1-3-19-20-14(2)17(21-19)12-22-10-9-16(18(23)13-22)11-15-7-5-4-6-8-15/h4-8,16,18,23H,3,9-13H2,1-2H3,(H,20,21)/t16-,18-/m1/s1. The third kappa shape index (κ3) is 4.01. The lowest BCUT2D eigenvalue weighted by atomic mass is 9.88. The summed E-state index contributed by atoms with van der Waals surface area (Å²) in [4.78, 5) is 10.3. The van der Waals surface area contributed by atoms with Gasteiger partial charge in [0, 0.05) is 25.2 Å². The maximum absolute atomic E-state index is 10.5. The third-order valence-corrected chi connectivity index (χ3v) is 4.89. The van der Waals surface area contributed by atoms with E-state index in [0.29, 0.717) is 5.92 Å². The topological polar surface area (TPSA) is 52.1 Å². The average molecular weight is 313 g/mol. The van der Waals surface area contributed by atoms with Crippen molar-refractivity contribution in [3.8, 4) is 0 Å². The molecule has 4 nitrogen and oxygen atoms in total. The lowest BCUT2D eigenvalue weighted by Crippen LogP contribution is -2.44. The number of nitrogens with zero attached hydrogens (tertiary/aromatic N) is 2. The fraction of sp³-hybridized carbons (Fsp3) is 0.526. The van der Waals surface area contributed by atoms with Crippen molar-refractivity contribution in [3.63, 3.8) is 0 Å². The van der Waals surface area contributed by atoms with Crippen LogP contribution in [-0.4, -0.2) is 39.2 Å². The van der Waals surface area contributed by atoms with Gasteiger partial charge in [-0.1, -0.05) is 37.3 Å². The van der Waals surface area contributed by atoms with Crippen LogP contribution in [0.2, 0.25) is 0 Å². The molecule has 0 spiro atoms. The Kier molecular flexibility index (Phi) is 5.13. The summed E-state index contributed by atoms with van der Waals surface area (Å²) in [6.07, 6.45) is 2.69. The molecular weight excluding hydrogens is 286 g/mol. The van der Waals surface area contributed by atoms with Gasteiger partial charge in [-0.15, -0.1) is 0 Å². The van der Waals surface area contributed by atoms with Crippen LogP contribution < -0.4 is 0 Å². The van der Waals surface area contributed by atoms with Gasteiger partial charge >= 0.3 is 0 Å². The molecule has 0 bridgehead atoms. The summed E-state index contributed by atoms with van der Waals surface area (Å²) < 4.78 is 0. The number of aryl methyl sites for hydroxylation is 2. The molecule has 4 heteroatoms. The largest absolute Gasteiger partial charge is 0.391 e. The van der Waals surface area contributed by atoms with E-state index >= 15 is 0 Å². The molecule has 1 aromatic heterocycles. The molecular formula is C19H27N3O. The quantitative estimate of drug-likeness (QED) is 0.892. The fourth-order valence-electron chi connectivity index (χ4n) is 3.44. The van der Waals surface area contributed by atoms with Gasteiger partial charge in [0.1, 0.15) is 5.82 Å². The van der Waals surface area contributed by atoms with Gasteiger partial charge in [0.15, 0.2) is 0 Å². The van der Waals surface area contributed by atoms with Crippen molar-refractivity contribution >= 4 is 0 Å². The first-order valence-electron chi connectivity index (χ1n) is 8.64. The third-order valence-electron chi connectivity index (χ3n) is 4.89. The molecule has 2 heterocycles. The number of aromatic nitrogens is 2. The van der Waals surface area contributed by atoms with Gasteiger partial charge in [-0.2, -0.15) is 0 Å². The number of aliphatic hydroxyl groups excluding tert-OH is 1. The van der Waals surface area contributed by atoms with Crippen molar-refractivity contribution < 1.29 is 5.11 Å². The summed E-state index contributed by atoms with van der Waals surface area (Å²) >= 11 is 0. The number of β-amino-alcohol motifs (C(OH)–C–C–N with tert-alkyl or cyclic N) is 1. The van der Waals surface area contributed by atoms with E-state index in [2.05, 4.69) is 53.0 Å². The molecule has 1 saturated heterocycles. The predicted molar refractivity (Wildman–Crippen MR) is 92.2 cm³/mol. The average Bonchev–Trinajstić information content (AvgIpc) is 2.91. The Morgan fingerprint density at radius 1 is 1.30 bits per heavy atom. The van der Waals surface area contributed by atoms with Crippen LogP contribution in [-0.2, 0) is 19.4 Å². The van der Waals surface area contributed by atoms with Gasteiger partial charge in [0.2, 0.25) is 0 Å². The number of hydrogen-bond acceptors (Lipinski definition) is 3.